The summed E-state index contributed by atoms with van der Waals surface area (Å²) in [5, 5.41) is 12.8. The maximum absolute atomic E-state index is 12.2. The molecule has 0 aliphatic heterocycles. The normalized spacial score (nSPS) is 26.7. The van der Waals surface area contributed by atoms with Crippen LogP contribution in [0, 0.1) is 11.3 Å². The summed E-state index contributed by atoms with van der Waals surface area (Å²) in [5.41, 5.74) is 5.79. The Hall–Kier alpha value is -0.610. The van der Waals surface area contributed by atoms with E-state index < -0.39 is 6.10 Å². The maximum Gasteiger partial charge on any atom is 0.224 e. The van der Waals surface area contributed by atoms with Crippen LogP contribution in [0.4, 0.5) is 0 Å². The van der Waals surface area contributed by atoms with Crippen molar-refractivity contribution in [3.63, 3.8) is 0 Å². The van der Waals surface area contributed by atoms with E-state index in [0.717, 1.165) is 32.1 Å². The zero-order valence-corrected chi connectivity index (χ0v) is 11.9. The lowest BCUT2D eigenvalue weighted by molar-refractivity contribution is -0.127. The van der Waals surface area contributed by atoms with Crippen molar-refractivity contribution < 1.29 is 9.90 Å². The van der Waals surface area contributed by atoms with Crippen molar-refractivity contribution in [1.82, 2.24) is 5.32 Å². The van der Waals surface area contributed by atoms with Gasteiger partial charge in [-0.2, -0.15) is 0 Å². The van der Waals surface area contributed by atoms with E-state index in [-0.39, 0.29) is 23.3 Å². The van der Waals surface area contributed by atoms with E-state index in [1.807, 2.05) is 0 Å². The molecular formula is C14H28N2O2. The van der Waals surface area contributed by atoms with Crippen LogP contribution in [0.5, 0.6) is 0 Å². The fourth-order valence-corrected chi connectivity index (χ4v) is 2.60. The maximum atomic E-state index is 12.2. The van der Waals surface area contributed by atoms with E-state index in [1.54, 1.807) is 0 Å². The monoisotopic (exact) mass is 256 g/mol. The molecule has 0 aromatic heterocycles. The summed E-state index contributed by atoms with van der Waals surface area (Å²) >= 11 is 0. The summed E-state index contributed by atoms with van der Waals surface area (Å²) in [6, 6.07) is -0.0831. The summed E-state index contributed by atoms with van der Waals surface area (Å²) in [4.78, 5) is 12.2. The molecule has 1 saturated carbocycles. The molecule has 18 heavy (non-hydrogen) atoms. The third-order valence-corrected chi connectivity index (χ3v) is 3.57. The molecule has 4 nitrogen and oxygen atoms in total. The van der Waals surface area contributed by atoms with Gasteiger partial charge in [-0.15, -0.1) is 0 Å². The molecular weight excluding hydrogens is 228 g/mol. The highest BCUT2D eigenvalue weighted by Crippen LogP contribution is 2.25. The molecule has 0 heterocycles. The predicted molar refractivity (Wildman–Crippen MR) is 73.0 cm³/mol. The van der Waals surface area contributed by atoms with Crippen LogP contribution in [-0.4, -0.2) is 29.7 Å². The molecule has 3 unspecified atom stereocenters. The minimum atomic E-state index is -0.393. The Bertz CT molecular complexity index is 273. The fourth-order valence-electron chi connectivity index (χ4n) is 2.60. The lowest BCUT2D eigenvalue weighted by atomic mass is 9.83. The van der Waals surface area contributed by atoms with Crippen LogP contribution in [0.2, 0.25) is 0 Å². The minimum absolute atomic E-state index is 0.00150. The van der Waals surface area contributed by atoms with Crippen molar-refractivity contribution in [3.05, 3.63) is 0 Å². The molecule has 0 aromatic carbocycles. The topological polar surface area (TPSA) is 75.4 Å². The van der Waals surface area contributed by atoms with Crippen molar-refractivity contribution in [3.8, 4) is 0 Å². The summed E-state index contributed by atoms with van der Waals surface area (Å²) in [5.74, 6) is -0.155. The molecule has 1 fully saturated rings. The van der Waals surface area contributed by atoms with Gasteiger partial charge in [0, 0.05) is 6.54 Å². The molecule has 1 rings (SSSR count). The first-order valence-electron chi connectivity index (χ1n) is 7.02. The predicted octanol–water partition coefficient (Wildman–Crippen LogP) is 1.42. The standard InChI is InChI=1S/C14H28N2O2/c1-14(2,3)8-10(9-15)13(18)16-11-6-4-5-7-12(11)17/h10-12,17H,4-9,15H2,1-3H3,(H,16,18). The highest BCUT2D eigenvalue weighted by Gasteiger charge is 2.29. The van der Waals surface area contributed by atoms with Crippen LogP contribution in [0.1, 0.15) is 52.9 Å². The summed E-state index contributed by atoms with van der Waals surface area (Å²) in [7, 11) is 0. The number of aliphatic hydroxyl groups is 1. The molecule has 0 radical (unpaired) electrons. The number of nitrogens with two attached hydrogens (primary N) is 1. The van der Waals surface area contributed by atoms with E-state index in [1.165, 1.54) is 0 Å². The molecule has 106 valence electrons. The minimum Gasteiger partial charge on any atom is -0.391 e. The number of rotatable bonds is 4. The zero-order valence-electron chi connectivity index (χ0n) is 11.9. The van der Waals surface area contributed by atoms with Gasteiger partial charge in [0.25, 0.3) is 0 Å². The Balaban J connectivity index is 2.51. The Morgan fingerprint density at radius 3 is 2.50 bits per heavy atom. The molecule has 1 amide bonds. The number of hydrogen-bond acceptors (Lipinski definition) is 3. The van der Waals surface area contributed by atoms with E-state index in [0.29, 0.717) is 6.54 Å². The first-order valence-corrected chi connectivity index (χ1v) is 7.02. The molecule has 0 aromatic rings. The van der Waals surface area contributed by atoms with Gasteiger partial charge in [-0.25, -0.2) is 0 Å². The highest BCUT2D eigenvalue weighted by molar-refractivity contribution is 5.79. The second kappa shape index (κ2) is 6.53. The third-order valence-electron chi connectivity index (χ3n) is 3.57. The molecule has 3 atom stereocenters. The van der Waals surface area contributed by atoms with Crippen molar-refractivity contribution in [2.75, 3.05) is 6.54 Å². The molecule has 1 aliphatic rings. The van der Waals surface area contributed by atoms with E-state index in [9.17, 15) is 9.90 Å². The van der Waals surface area contributed by atoms with E-state index >= 15 is 0 Å². The smallest absolute Gasteiger partial charge is 0.224 e. The fraction of sp³-hybridized carbons (Fsp3) is 0.929. The Morgan fingerprint density at radius 1 is 1.39 bits per heavy atom. The molecule has 1 aliphatic carbocycles. The van der Waals surface area contributed by atoms with Crippen LogP contribution < -0.4 is 11.1 Å². The highest BCUT2D eigenvalue weighted by atomic mass is 16.3. The third kappa shape index (κ3) is 4.94. The molecule has 0 saturated heterocycles. The molecule has 0 bridgehead atoms. The van der Waals surface area contributed by atoms with Gasteiger partial charge in [-0.05, 0) is 24.7 Å². The number of aliphatic hydroxyl groups excluding tert-OH is 1. The second-order valence-electron chi connectivity index (χ2n) is 6.66. The van der Waals surface area contributed by atoms with Gasteiger partial charge in [0.05, 0.1) is 18.1 Å². The first kappa shape index (κ1) is 15.4. The number of nitrogens with one attached hydrogen (secondary N) is 1. The Labute approximate surface area is 110 Å². The number of carbonyl (C=O) groups excluding carboxylic acids is 1. The first-order chi connectivity index (χ1) is 8.33. The number of carbonyl (C=O) groups is 1. The van der Waals surface area contributed by atoms with Gasteiger partial charge in [0.15, 0.2) is 0 Å². The summed E-state index contributed by atoms with van der Waals surface area (Å²) < 4.78 is 0. The largest absolute Gasteiger partial charge is 0.391 e. The van der Waals surface area contributed by atoms with Gasteiger partial charge < -0.3 is 16.2 Å². The zero-order chi connectivity index (χ0) is 13.8. The quantitative estimate of drug-likeness (QED) is 0.712. The van der Waals surface area contributed by atoms with Gasteiger partial charge >= 0.3 is 0 Å². The summed E-state index contributed by atoms with van der Waals surface area (Å²) in [6.07, 6.45) is 4.18. The number of hydrogen-bond donors (Lipinski definition) is 3. The van der Waals surface area contributed by atoms with E-state index in [4.69, 9.17) is 5.73 Å². The molecule has 4 heteroatoms. The van der Waals surface area contributed by atoms with Gasteiger partial charge in [-0.3, -0.25) is 4.79 Å². The second-order valence-corrected chi connectivity index (χ2v) is 6.66. The van der Waals surface area contributed by atoms with Crippen LogP contribution in [-0.2, 0) is 4.79 Å². The van der Waals surface area contributed by atoms with E-state index in [2.05, 4.69) is 26.1 Å². The van der Waals surface area contributed by atoms with Crippen molar-refractivity contribution in [1.29, 1.82) is 0 Å². The lowest BCUT2D eigenvalue weighted by Gasteiger charge is -2.31. The SMILES string of the molecule is CC(C)(C)CC(CN)C(=O)NC1CCCCC1O. The average molecular weight is 256 g/mol. The van der Waals surface area contributed by atoms with Gasteiger partial charge in [0.1, 0.15) is 0 Å². The van der Waals surface area contributed by atoms with Crippen LogP contribution in [0.3, 0.4) is 0 Å². The average Bonchev–Trinajstić information content (AvgIpc) is 2.27. The van der Waals surface area contributed by atoms with Crippen LogP contribution >= 0.6 is 0 Å². The molecule has 4 N–H and O–H groups in total. The summed E-state index contributed by atoms with van der Waals surface area (Å²) in [6.45, 7) is 6.70. The van der Waals surface area contributed by atoms with Crippen molar-refractivity contribution >= 4 is 5.91 Å². The van der Waals surface area contributed by atoms with Gasteiger partial charge in [-0.1, -0.05) is 33.6 Å². The molecule has 0 spiro atoms. The number of amides is 1. The van der Waals surface area contributed by atoms with Crippen LogP contribution in [0.25, 0.3) is 0 Å². The van der Waals surface area contributed by atoms with Crippen molar-refractivity contribution in [2.24, 2.45) is 17.1 Å². The Kier molecular flexibility index (Phi) is 5.60. The van der Waals surface area contributed by atoms with Crippen molar-refractivity contribution in [2.45, 2.75) is 65.0 Å². The lowest BCUT2D eigenvalue weighted by Crippen LogP contribution is -2.48. The van der Waals surface area contributed by atoms with Gasteiger partial charge in [0.2, 0.25) is 5.91 Å². The van der Waals surface area contributed by atoms with Crippen LogP contribution in [0.15, 0.2) is 0 Å². The Morgan fingerprint density at radius 2 is 2.00 bits per heavy atom.